The number of hydrogen-bond acceptors (Lipinski definition) is 4. The number of ether oxygens (including phenoxy) is 1. The minimum atomic E-state index is -0.795. The van der Waals surface area contributed by atoms with E-state index in [-0.39, 0.29) is 18.7 Å². The summed E-state index contributed by atoms with van der Waals surface area (Å²) in [5.74, 6) is -0.814. The fourth-order valence-corrected chi connectivity index (χ4v) is 2.24. The highest BCUT2D eigenvalue weighted by Gasteiger charge is 2.15. The van der Waals surface area contributed by atoms with Crippen molar-refractivity contribution in [3.8, 4) is 5.75 Å². The van der Waals surface area contributed by atoms with Crippen molar-refractivity contribution in [1.82, 2.24) is 10.9 Å². The molecule has 0 spiro atoms. The number of rotatable bonds is 7. The van der Waals surface area contributed by atoms with Crippen LogP contribution in [0.5, 0.6) is 5.75 Å². The maximum atomic E-state index is 11.9. The Kier molecular flexibility index (Phi) is 7.63. The van der Waals surface area contributed by atoms with E-state index in [0.29, 0.717) is 16.5 Å². The van der Waals surface area contributed by atoms with Crippen LogP contribution in [0.3, 0.4) is 0 Å². The van der Waals surface area contributed by atoms with Gasteiger partial charge in [0.2, 0.25) is 11.8 Å². The Morgan fingerprint density at radius 2 is 1.56 bits per heavy atom. The number of para-hydroxylation sites is 2. The lowest BCUT2D eigenvalue weighted by Crippen LogP contribution is -2.47. The third-order valence-electron chi connectivity index (χ3n) is 3.48. The molecule has 3 N–H and O–H groups in total. The van der Waals surface area contributed by atoms with Crippen molar-refractivity contribution >= 4 is 35.0 Å². The highest BCUT2D eigenvalue weighted by atomic mass is 35.5. The fraction of sp³-hybridized carbons (Fsp3) is 0.211. The highest BCUT2D eigenvalue weighted by Crippen LogP contribution is 2.20. The summed E-state index contributed by atoms with van der Waals surface area (Å²) >= 11 is 5.95. The lowest BCUT2D eigenvalue weighted by Gasteiger charge is -2.15. The smallest absolute Gasteiger partial charge is 0.279 e. The molecule has 1 atom stereocenters. The van der Waals surface area contributed by atoms with Crippen LogP contribution in [0.2, 0.25) is 5.02 Å². The molecule has 2 rings (SSSR count). The fourth-order valence-electron chi connectivity index (χ4n) is 2.05. The van der Waals surface area contributed by atoms with Gasteiger partial charge in [0.05, 0.1) is 10.7 Å². The standard InChI is InChI=1S/C19H20ClN3O4/c1-13(27-14-7-3-2-4-8-14)19(26)23-22-18(25)12-11-17(24)21-16-10-6-5-9-15(16)20/h2-10,13H,11-12H2,1H3,(H,21,24)(H,22,25)(H,23,26). The Morgan fingerprint density at radius 1 is 0.926 bits per heavy atom. The van der Waals surface area contributed by atoms with Crippen LogP contribution in [0.15, 0.2) is 54.6 Å². The molecule has 0 fully saturated rings. The molecule has 0 aliphatic carbocycles. The van der Waals surface area contributed by atoms with E-state index >= 15 is 0 Å². The summed E-state index contributed by atoms with van der Waals surface area (Å²) in [5.41, 5.74) is 5.00. The summed E-state index contributed by atoms with van der Waals surface area (Å²) < 4.78 is 5.44. The molecule has 0 aromatic heterocycles. The second kappa shape index (κ2) is 10.2. The van der Waals surface area contributed by atoms with Gasteiger partial charge in [-0.1, -0.05) is 41.9 Å². The Labute approximate surface area is 162 Å². The molecule has 142 valence electrons. The van der Waals surface area contributed by atoms with Crippen molar-refractivity contribution in [3.63, 3.8) is 0 Å². The lowest BCUT2D eigenvalue weighted by molar-refractivity contribution is -0.133. The van der Waals surface area contributed by atoms with Crippen LogP contribution in [0.25, 0.3) is 0 Å². The Morgan fingerprint density at radius 3 is 2.26 bits per heavy atom. The summed E-state index contributed by atoms with van der Waals surface area (Å²) in [7, 11) is 0. The molecular formula is C19H20ClN3O4. The first-order valence-corrected chi connectivity index (χ1v) is 8.68. The van der Waals surface area contributed by atoms with Crippen molar-refractivity contribution in [2.75, 3.05) is 5.32 Å². The highest BCUT2D eigenvalue weighted by molar-refractivity contribution is 6.33. The normalized spacial score (nSPS) is 11.2. The minimum Gasteiger partial charge on any atom is -0.481 e. The number of benzene rings is 2. The predicted molar refractivity (Wildman–Crippen MR) is 102 cm³/mol. The number of hydrogen-bond donors (Lipinski definition) is 3. The van der Waals surface area contributed by atoms with Crippen LogP contribution in [0.4, 0.5) is 5.69 Å². The van der Waals surface area contributed by atoms with Crippen LogP contribution < -0.4 is 20.9 Å². The van der Waals surface area contributed by atoms with Crippen molar-refractivity contribution in [3.05, 3.63) is 59.6 Å². The van der Waals surface area contributed by atoms with E-state index in [4.69, 9.17) is 16.3 Å². The van der Waals surface area contributed by atoms with E-state index in [1.807, 2.05) is 6.07 Å². The molecule has 27 heavy (non-hydrogen) atoms. The molecule has 0 aliphatic rings. The molecule has 3 amide bonds. The van der Waals surface area contributed by atoms with E-state index < -0.39 is 17.9 Å². The number of hydrazine groups is 1. The van der Waals surface area contributed by atoms with Crippen LogP contribution in [0, 0.1) is 0 Å². The predicted octanol–water partition coefficient (Wildman–Crippen LogP) is 2.67. The van der Waals surface area contributed by atoms with Crippen molar-refractivity contribution < 1.29 is 19.1 Å². The first-order chi connectivity index (χ1) is 13.0. The molecule has 0 saturated carbocycles. The maximum Gasteiger partial charge on any atom is 0.279 e. The summed E-state index contributed by atoms with van der Waals surface area (Å²) in [5, 5.41) is 3.03. The van der Waals surface area contributed by atoms with E-state index in [9.17, 15) is 14.4 Å². The van der Waals surface area contributed by atoms with Crippen molar-refractivity contribution in [1.29, 1.82) is 0 Å². The van der Waals surface area contributed by atoms with E-state index in [1.165, 1.54) is 0 Å². The van der Waals surface area contributed by atoms with Crippen molar-refractivity contribution in [2.45, 2.75) is 25.9 Å². The Bertz CT molecular complexity index is 799. The molecule has 7 nitrogen and oxygen atoms in total. The van der Waals surface area contributed by atoms with Gasteiger partial charge in [-0.3, -0.25) is 25.2 Å². The monoisotopic (exact) mass is 389 g/mol. The molecule has 0 aliphatic heterocycles. The first kappa shape index (κ1) is 20.3. The number of halogens is 1. The molecule has 2 aromatic rings. The Hall–Kier alpha value is -3.06. The van der Waals surface area contributed by atoms with Crippen LogP contribution in [0.1, 0.15) is 19.8 Å². The molecule has 1 unspecified atom stereocenters. The zero-order valence-corrected chi connectivity index (χ0v) is 15.5. The maximum absolute atomic E-state index is 11.9. The van der Waals surface area contributed by atoms with Gasteiger partial charge in [-0.2, -0.15) is 0 Å². The number of amides is 3. The van der Waals surface area contributed by atoms with Gasteiger partial charge in [0.25, 0.3) is 5.91 Å². The average molecular weight is 390 g/mol. The van der Waals surface area contributed by atoms with Gasteiger partial charge >= 0.3 is 0 Å². The van der Waals surface area contributed by atoms with Crippen LogP contribution >= 0.6 is 11.6 Å². The average Bonchev–Trinajstić information content (AvgIpc) is 2.67. The van der Waals surface area contributed by atoms with Gasteiger partial charge in [-0.25, -0.2) is 0 Å². The Balaban J connectivity index is 1.68. The molecular weight excluding hydrogens is 370 g/mol. The SMILES string of the molecule is CC(Oc1ccccc1)C(=O)NNC(=O)CCC(=O)Nc1ccccc1Cl. The van der Waals surface area contributed by atoms with Gasteiger partial charge in [0.1, 0.15) is 5.75 Å². The molecule has 0 radical (unpaired) electrons. The number of carbonyl (C=O) groups is 3. The minimum absolute atomic E-state index is 0.0526. The summed E-state index contributed by atoms with van der Waals surface area (Å²) in [6.45, 7) is 1.56. The third kappa shape index (κ3) is 6.99. The van der Waals surface area contributed by atoms with E-state index in [2.05, 4.69) is 16.2 Å². The topological polar surface area (TPSA) is 96.5 Å². The van der Waals surface area contributed by atoms with Gasteiger partial charge in [0.15, 0.2) is 6.10 Å². The lowest BCUT2D eigenvalue weighted by atomic mass is 10.2. The summed E-state index contributed by atoms with van der Waals surface area (Å²) in [6, 6.07) is 15.6. The molecule has 2 aromatic carbocycles. The third-order valence-corrected chi connectivity index (χ3v) is 3.81. The van der Waals surface area contributed by atoms with Crippen LogP contribution in [-0.2, 0) is 14.4 Å². The van der Waals surface area contributed by atoms with Crippen molar-refractivity contribution in [2.24, 2.45) is 0 Å². The largest absolute Gasteiger partial charge is 0.481 e. The molecule has 0 heterocycles. The van der Waals surface area contributed by atoms with Gasteiger partial charge in [-0.05, 0) is 31.2 Å². The molecule has 8 heteroatoms. The number of nitrogens with one attached hydrogen (secondary N) is 3. The molecule has 0 bridgehead atoms. The van der Waals surface area contributed by atoms with Gasteiger partial charge < -0.3 is 10.1 Å². The second-order valence-corrected chi connectivity index (χ2v) is 6.05. The number of carbonyl (C=O) groups excluding carboxylic acids is 3. The summed E-state index contributed by atoms with van der Waals surface area (Å²) in [4.78, 5) is 35.6. The summed E-state index contributed by atoms with van der Waals surface area (Å²) in [6.07, 6.45) is -0.941. The van der Waals surface area contributed by atoms with E-state index in [1.54, 1.807) is 55.5 Å². The first-order valence-electron chi connectivity index (χ1n) is 8.30. The van der Waals surface area contributed by atoms with Gasteiger partial charge in [0, 0.05) is 12.8 Å². The van der Waals surface area contributed by atoms with Crippen LogP contribution in [-0.4, -0.2) is 23.8 Å². The second-order valence-electron chi connectivity index (χ2n) is 5.64. The molecule has 0 saturated heterocycles. The zero-order valence-electron chi connectivity index (χ0n) is 14.7. The van der Waals surface area contributed by atoms with E-state index in [0.717, 1.165) is 0 Å². The number of anilines is 1. The zero-order chi connectivity index (χ0) is 19.6. The quantitative estimate of drug-likeness (QED) is 0.634. The van der Waals surface area contributed by atoms with Gasteiger partial charge in [-0.15, -0.1) is 0 Å².